The van der Waals surface area contributed by atoms with Gasteiger partial charge in [-0.3, -0.25) is 9.59 Å². The number of rotatable bonds is 3. The Morgan fingerprint density at radius 3 is 2.88 bits per heavy atom. The van der Waals surface area contributed by atoms with E-state index >= 15 is 0 Å². The molecule has 2 aliphatic rings. The van der Waals surface area contributed by atoms with E-state index in [1.165, 1.54) is 0 Å². The molecule has 3 heterocycles. The molecular formula is C18H23N5O3. The number of amides is 1. The lowest BCUT2D eigenvalue weighted by Crippen LogP contribution is -2.39. The van der Waals surface area contributed by atoms with Crippen LogP contribution >= 0.6 is 0 Å². The molecule has 1 amide bonds. The van der Waals surface area contributed by atoms with Crippen molar-refractivity contribution in [2.45, 2.75) is 57.7 Å². The van der Waals surface area contributed by atoms with Crippen molar-refractivity contribution >= 4 is 5.91 Å². The third kappa shape index (κ3) is 3.23. The lowest BCUT2D eigenvalue weighted by atomic mass is 9.91. The molecular weight excluding hydrogens is 334 g/mol. The summed E-state index contributed by atoms with van der Waals surface area (Å²) in [6.45, 7) is 3.29. The maximum absolute atomic E-state index is 12.6. The number of hydrogen-bond acceptors (Lipinski definition) is 5. The lowest BCUT2D eigenvalue weighted by molar-refractivity contribution is 0.0914. The van der Waals surface area contributed by atoms with Gasteiger partial charge in [-0.15, -0.1) is 0 Å². The Balaban J connectivity index is 1.38. The third-order valence-electron chi connectivity index (χ3n) is 5.12. The molecule has 0 atom stereocenters. The van der Waals surface area contributed by atoms with Crippen molar-refractivity contribution in [2.75, 3.05) is 6.61 Å². The van der Waals surface area contributed by atoms with Crippen LogP contribution in [0, 0.1) is 6.92 Å². The first-order valence-corrected chi connectivity index (χ1v) is 9.18. The molecule has 0 saturated heterocycles. The largest absolute Gasteiger partial charge is 0.477 e. The summed E-state index contributed by atoms with van der Waals surface area (Å²) in [5, 5.41) is 11.7. The van der Waals surface area contributed by atoms with Crippen LogP contribution < -0.4 is 15.6 Å². The molecule has 138 valence electrons. The van der Waals surface area contributed by atoms with Crippen LogP contribution in [-0.4, -0.2) is 38.1 Å². The van der Waals surface area contributed by atoms with Crippen LogP contribution in [0.4, 0.5) is 0 Å². The van der Waals surface area contributed by atoms with E-state index in [4.69, 9.17) is 4.74 Å². The van der Waals surface area contributed by atoms with E-state index in [0.717, 1.165) is 44.3 Å². The van der Waals surface area contributed by atoms with E-state index in [1.807, 2.05) is 6.92 Å². The predicted molar refractivity (Wildman–Crippen MR) is 94.3 cm³/mol. The number of carbonyl (C=O) groups is 1. The van der Waals surface area contributed by atoms with E-state index in [9.17, 15) is 9.59 Å². The minimum absolute atomic E-state index is 0.0632. The molecule has 1 N–H and O–H groups in total. The maximum Gasteiger partial charge on any atom is 0.267 e. The normalized spacial score (nSPS) is 22.3. The van der Waals surface area contributed by atoms with Crippen LogP contribution in [0.3, 0.4) is 0 Å². The van der Waals surface area contributed by atoms with Gasteiger partial charge in [0.15, 0.2) is 0 Å². The second-order valence-corrected chi connectivity index (χ2v) is 7.02. The molecule has 1 aliphatic carbocycles. The monoisotopic (exact) mass is 357 g/mol. The van der Waals surface area contributed by atoms with Crippen molar-refractivity contribution in [3.63, 3.8) is 0 Å². The Morgan fingerprint density at radius 1 is 1.27 bits per heavy atom. The highest BCUT2D eigenvalue weighted by Gasteiger charge is 2.27. The first kappa shape index (κ1) is 16.8. The Labute approximate surface area is 151 Å². The highest BCUT2D eigenvalue weighted by atomic mass is 16.5. The first-order chi connectivity index (χ1) is 12.6. The minimum atomic E-state index is -0.137. The van der Waals surface area contributed by atoms with Gasteiger partial charge in [-0.05, 0) is 38.7 Å². The molecule has 0 aromatic carbocycles. The number of nitrogens with zero attached hydrogens (tertiary/aromatic N) is 4. The molecule has 0 bridgehead atoms. The van der Waals surface area contributed by atoms with Crippen molar-refractivity contribution in [3.8, 4) is 5.88 Å². The fourth-order valence-electron chi connectivity index (χ4n) is 3.73. The number of carbonyl (C=O) groups excluding carboxylic acids is 1. The van der Waals surface area contributed by atoms with Crippen LogP contribution in [0.2, 0.25) is 0 Å². The molecule has 4 rings (SSSR count). The molecule has 8 nitrogen and oxygen atoms in total. The SMILES string of the molecule is Cc1ccc(=O)n(C2CCC(NC(=O)c3cnn4c3OCCC4)CC2)n1. The first-order valence-electron chi connectivity index (χ1n) is 9.18. The maximum atomic E-state index is 12.6. The molecule has 2 aromatic heterocycles. The molecule has 8 heteroatoms. The molecule has 1 aliphatic heterocycles. The average Bonchev–Trinajstić information content (AvgIpc) is 3.09. The van der Waals surface area contributed by atoms with Crippen molar-refractivity contribution < 1.29 is 9.53 Å². The van der Waals surface area contributed by atoms with Gasteiger partial charge in [0, 0.05) is 25.1 Å². The van der Waals surface area contributed by atoms with Crippen molar-refractivity contribution in [1.82, 2.24) is 24.9 Å². The lowest BCUT2D eigenvalue weighted by Gasteiger charge is -2.29. The topological polar surface area (TPSA) is 91.0 Å². The molecule has 26 heavy (non-hydrogen) atoms. The van der Waals surface area contributed by atoms with Crippen LogP contribution in [0.1, 0.15) is 54.2 Å². The zero-order valence-electron chi connectivity index (χ0n) is 14.9. The zero-order chi connectivity index (χ0) is 18.1. The summed E-state index contributed by atoms with van der Waals surface area (Å²) in [6.07, 6.45) is 5.78. The summed E-state index contributed by atoms with van der Waals surface area (Å²) in [5.74, 6) is 0.431. The van der Waals surface area contributed by atoms with Gasteiger partial charge in [0.1, 0.15) is 5.56 Å². The van der Waals surface area contributed by atoms with Crippen LogP contribution in [-0.2, 0) is 6.54 Å². The van der Waals surface area contributed by atoms with Crippen LogP contribution in [0.5, 0.6) is 5.88 Å². The minimum Gasteiger partial charge on any atom is -0.477 e. The van der Waals surface area contributed by atoms with E-state index in [2.05, 4.69) is 15.5 Å². The van der Waals surface area contributed by atoms with Gasteiger partial charge in [-0.2, -0.15) is 10.2 Å². The van der Waals surface area contributed by atoms with Crippen molar-refractivity contribution in [3.05, 3.63) is 39.9 Å². The van der Waals surface area contributed by atoms with Gasteiger partial charge >= 0.3 is 0 Å². The van der Waals surface area contributed by atoms with E-state index in [0.29, 0.717) is 18.1 Å². The summed E-state index contributed by atoms with van der Waals surface area (Å²) < 4.78 is 8.93. The molecule has 0 radical (unpaired) electrons. The second-order valence-electron chi connectivity index (χ2n) is 7.02. The Bertz CT molecular complexity index is 864. The van der Waals surface area contributed by atoms with Crippen molar-refractivity contribution in [2.24, 2.45) is 0 Å². The fraction of sp³-hybridized carbons (Fsp3) is 0.556. The molecule has 1 fully saturated rings. The number of aryl methyl sites for hydroxylation is 2. The highest BCUT2D eigenvalue weighted by Crippen LogP contribution is 2.28. The van der Waals surface area contributed by atoms with Crippen molar-refractivity contribution in [1.29, 1.82) is 0 Å². The fourth-order valence-corrected chi connectivity index (χ4v) is 3.73. The number of ether oxygens (including phenoxy) is 1. The summed E-state index contributed by atoms with van der Waals surface area (Å²) in [5.41, 5.74) is 1.28. The Hall–Kier alpha value is -2.64. The number of hydrogen-bond donors (Lipinski definition) is 1. The summed E-state index contributed by atoms with van der Waals surface area (Å²) in [7, 11) is 0. The van der Waals surface area contributed by atoms with E-state index < -0.39 is 0 Å². The van der Waals surface area contributed by atoms with Gasteiger partial charge in [-0.25, -0.2) is 9.36 Å². The van der Waals surface area contributed by atoms with E-state index in [1.54, 1.807) is 27.7 Å². The summed E-state index contributed by atoms with van der Waals surface area (Å²) in [6, 6.07) is 3.50. The van der Waals surface area contributed by atoms with Crippen LogP contribution in [0.15, 0.2) is 23.1 Å². The average molecular weight is 357 g/mol. The number of fused-ring (bicyclic) bond motifs is 1. The third-order valence-corrected chi connectivity index (χ3v) is 5.12. The Kier molecular flexibility index (Phi) is 4.48. The highest BCUT2D eigenvalue weighted by molar-refractivity contribution is 5.96. The van der Waals surface area contributed by atoms with E-state index in [-0.39, 0.29) is 23.6 Å². The smallest absolute Gasteiger partial charge is 0.267 e. The quantitative estimate of drug-likeness (QED) is 0.898. The molecule has 2 aromatic rings. The van der Waals surface area contributed by atoms with Crippen LogP contribution in [0.25, 0.3) is 0 Å². The molecule has 0 unspecified atom stereocenters. The van der Waals surface area contributed by atoms with Gasteiger partial charge in [0.25, 0.3) is 11.5 Å². The molecule has 0 spiro atoms. The van der Waals surface area contributed by atoms with Gasteiger partial charge in [-0.1, -0.05) is 0 Å². The predicted octanol–water partition coefficient (Wildman–Crippen LogP) is 1.44. The summed E-state index contributed by atoms with van der Waals surface area (Å²) in [4.78, 5) is 24.6. The van der Waals surface area contributed by atoms with Gasteiger partial charge in [0.05, 0.1) is 24.5 Å². The molecule has 1 saturated carbocycles. The number of nitrogens with one attached hydrogen (secondary N) is 1. The zero-order valence-corrected chi connectivity index (χ0v) is 14.9. The standard InChI is InChI=1S/C18H23N5O3/c1-12-3-8-16(24)23(21-12)14-6-4-13(5-7-14)20-17(25)15-11-19-22-9-2-10-26-18(15)22/h3,8,11,13-14H,2,4-7,9-10H2,1H3,(H,20,25). The number of aromatic nitrogens is 4. The van der Waals surface area contributed by atoms with Gasteiger partial charge < -0.3 is 10.1 Å². The van der Waals surface area contributed by atoms with Gasteiger partial charge in [0.2, 0.25) is 5.88 Å². The second kappa shape index (κ2) is 6.93. The Morgan fingerprint density at radius 2 is 2.08 bits per heavy atom. The summed E-state index contributed by atoms with van der Waals surface area (Å²) >= 11 is 0.